The maximum absolute atomic E-state index is 11.0. The fourth-order valence-electron chi connectivity index (χ4n) is 2.00. The van der Waals surface area contributed by atoms with Crippen LogP contribution in [0.3, 0.4) is 0 Å². The van der Waals surface area contributed by atoms with Gasteiger partial charge in [0.25, 0.3) is 0 Å². The van der Waals surface area contributed by atoms with Gasteiger partial charge in [-0.2, -0.15) is 0 Å². The number of amides is 1. The first kappa shape index (κ1) is 15.1. The van der Waals surface area contributed by atoms with Crippen molar-refractivity contribution >= 4 is 5.91 Å². The van der Waals surface area contributed by atoms with Crippen molar-refractivity contribution in [2.75, 3.05) is 21.3 Å². The summed E-state index contributed by atoms with van der Waals surface area (Å²) in [7, 11) is 4.73. The van der Waals surface area contributed by atoms with E-state index in [4.69, 9.17) is 14.2 Å². The molecule has 0 fully saturated rings. The molecule has 5 nitrogen and oxygen atoms in total. The van der Waals surface area contributed by atoms with Crippen LogP contribution in [-0.4, -0.2) is 33.3 Å². The molecule has 0 spiro atoms. The van der Waals surface area contributed by atoms with Crippen LogP contribution in [0, 0.1) is 0 Å². The van der Waals surface area contributed by atoms with Gasteiger partial charge in [0.2, 0.25) is 11.7 Å². The molecular weight excluding hydrogens is 246 g/mol. The van der Waals surface area contributed by atoms with Gasteiger partial charge in [0.15, 0.2) is 11.5 Å². The highest BCUT2D eigenvalue weighted by molar-refractivity contribution is 5.73. The summed E-state index contributed by atoms with van der Waals surface area (Å²) >= 11 is 0. The second-order valence-electron chi connectivity index (χ2n) is 4.34. The Labute approximate surface area is 113 Å². The molecule has 19 heavy (non-hydrogen) atoms. The highest BCUT2D eigenvalue weighted by Gasteiger charge is 2.14. The maximum atomic E-state index is 11.0. The van der Waals surface area contributed by atoms with Crippen molar-refractivity contribution < 1.29 is 19.0 Å². The van der Waals surface area contributed by atoms with Gasteiger partial charge in [-0.15, -0.1) is 0 Å². The summed E-state index contributed by atoms with van der Waals surface area (Å²) < 4.78 is 15.8. The number of ether oxygens (including phenoxy) is 3. The molecule has 1 N–H and O–H groups in total. The second kappa shape index (κ2) is 6.87. The Kier molecular flexibility index (Phi) is 5.48. The van der Waals surface area contributed by atoms with Gasteiger partial charge in [-0.1, -0.05) is 0 Å². The summed E-state index contributed by atoms with van der Waals surface area (Å²) in [5.74, 6) is 1.76. The van der Waals surface area contributed by atoms with Crippen molar-refractivity contribution in [2.24, 2.45) is 0 Å². The lowest BCUT2D eigenvalue weighted by Crippen LogP contribution is -2.32. The van der Waals surface area contributed by atoms with Gasteiger partial charge < -0.3 is 19.5 Å². The van der Waals surface area contributed by atoms with Gasteiger partial charge >= 0.3 is 0 Å². The van der Waals surface area contributed by atoms with Crippen molar-refractivity contribution in [3.05, 3.63) is 17.7 Å². The fraction of sp³-hybridized carbons (Fsp3) is 0.500. The van der Waals surface area contributed by atoms with E-state index in [0.29, 0.717) is 23.7 Å². The van der Waals surface area contributed by atoms with E-state index in [1.54, 1.807) is 21.3 Å². The van der Waals surface area contributed by atoms with Crippen molar-refractivity contribution in [1.29, 1.82) is 0 Å². The lowest BCUT2D eigenvalue weighted by molar-refractivity contribution is -0.119. The van der Waals surface area contributed by atoms with Crippen molar-refractivity contribution in [2.45, 2.75) is 26.3 Å². The number of carbonyl (C=O) groups excluding carboxylic acids is 1. The molecule has 0 aliphatic carbocycles. The largest absolute Gasteiger partial charge is 0.493 e. The van der Waals surface area contributed by atoms with Crippen LogP contribution in [0.5, 0.6) is 17.2 Å². The molecule has 5 heteroatoms. The molecule has 0 bridgehead atoms. The Morgan fingerprint density at radius 3 is 2.05 bits per heavy atom. The summed E-state index contributed by atoms with van der Waals surface area (Å²) in [5.41, 5.74) is 1.01. The van der Waals surface area contributed by atoms with E-state index in [9.17, 15) is 4.79 Å². The third-order valence-electron chi connectivity index (χ3n) is 2.72. The summed E-state index contributed by atoms with van der Waals surface area (Å²) in [4.78, 5) is 11.0. The number of nitrogens with one attached hydrogen (secondary N) is 1. The van der Waals surface area contributed by atoms with Crippen LogP contribution in [0.15, 0.2) is 12.1 Å². The molecule has 0 aromatic heterocycles. The minimum atomic E-state index is -0.0417. The molecule has 1 amide bonds. The van der Waals surface area contributed by atoms with Crippen molar-refractivity contribution in [1.82, 2.24) is 5.32 Å². The number of hydrogen-bond acceptors (Lipinski definition) is 4. The SMILES string of the molecule is COc1cc(CC(C)NC(C)=O)cc(OC)c1OC. The first-order chi connectivity index (χ1) is 9.01. The summed E-state index contributed by atoms with van der Waals surface area (Å²) in [5, 5.41) is 2.84. The van der Waals surface area contributed by atoms with E-state index in [-0.39, 0.29) is 11.9 Å². The lowest BCUT2D eigenvalue weighted by Gasteiger charge is -2.16. The number of hydrogen-bond donors (Lipinski definition) is 1. The molecule has 1 rings (SSSR count). The van der Waals surface area contributed by atoms with Crippen LogP contribution >= 0.6 is 0 Å². The minimum absolute atomic E-state index is 0.0417. The van der Waals surface area contributed by atoms with Crippen LogP contribution in [0.4, 0.5) is 0 Å². The van der Waals surface area contributed by atoms with E-state index in [2.05, 4.69) is 5.32 Å². The second-order valence-corrected chi connectivity index (χ2v) is 4.34. The average Bonchev–Trinajstić information content (AvgIpc) is 2.36. The summed E-state index contributed by atoms with van der Waals surface area (Å²) in [6.45, 7) is 3.45. The molecule has 1 aromatic carbocycles. The van der Waals surface area contributed by atoms with Crippen LogP contribution in [0.2, 0.25) is 0 Å². The highest BCUT2D eigenvalue weighted by atomic mass is 16.5. The van der Waals surface area contributed by atoms with E-state index in [0.717, 1.165) is 5.56 Å². The maximum Gasteiger partial charge on any atom is 0.217 e. The number of carbonyl (C=O) groups is 1. The van der Waals surface area contributed by atoms with Gasteiger partial charge in [0, 0.05) is 13.0 Å². The Morgan fingerprint density at radius 1 is 1.16 bits per heavy atom. The van der Waals surface area contributed by atoms with Gasteiger partial charge in [-0.05, 0) is 31.0 Å². The molecule has 106 valence electrons. The standard InChI is InChI=1S/C14H21NO4/c1-9(15-10(2)16)6-11-7-12(17-3)14(19-5)13(8-11)18-4/h7-9H,6H2,1-5H3,(H,15,16). The van der Waals surface area contributed by atoms with Gasteiger partial charge in [0.1, 0.15) is 0 Å². The van der Waals surface area contributed by atoms with Crippen LogP contribution in [-0.2, 0) is 11.2 Å². The molecule has 0 aliphatic rings. The molecule has 0 saturated heterocycles. The number of rotatable bonds is 6. The Balaban J connectivity index is 2.99. The average molecular weight is 267 g/mol. The zero-order valence-electron chi connectivity index (χ0n) is 12.1. The molecule has 0 saturated carbocycles. The van der Waals surface area contributed by atoms with Gasteiger partial charge in [0.05, 0.1) is 21.3 Å². The molecule has 1 aromatic rings. The zero-order chi connectivity index (χ0) is 14.4. The first-order valence-electron chi connectivity index (χ1n) is 6.07. The molecule has 0 radical (unpaired) electrons. The van der Waals surface area contributed by atoms with E-state index in [1.165, 1.54) is 6.92 Å². The Bertz CT molecular complexity index is 420. The first-order valence-corrected chi connectivity index (χ1v) is 6.07. The van der Waals surface area contributed by atoms with E-state index < -0.39 is 0 Å². The predicted molar refractivity (Wildman–Crippen MR) is 73.1 cm³/mol. The normalized spacial score (nSPS) is 11.6. The quantitative estimate of drug-likeness (QED) is 0.853. The smallest absolute Gasteiger partial charge is 0.217 e. The van der Waals surface area contributed by atoms with Crippen molar-refractivity contribution in [3.63, 3.8) is 0 Å². The number of methoxy groups -OCH3 is 3. The van der Waals surface area contributed by atoms with Crippen LogP contribution in [0.1, 0.15) is 19.4 Å². The topological polar surface area (TPSA) is 56.8 Å². The Hall–Kier alpha value is -1.91. The lowest BCUT2D eigenvalue weighted by atomic mass is 10.1. The van der Waals surface area contributed by atoms with E-state index in [1.807, 2.05) is 19.1 Å². The summed E-state index contributed by atoms with van der Waals surface area (Å²) in [6.07, 6.45) is 0.691. The van der Waals surface area contributed by atoms with Crippen LogP contribution in [0.25, 0.3) is 0 Å². The monoisotopic (exact) mass is 267 g/mol. The molecule has 1 atom stereocenters. The minimum Gasteiger partial charge on any atom is -0.493 e. The molecule has 0 heterocycles. The molecule has 0 aliphatic heterocycles. The predicted octanol–water partition coefficient (Wildman–Crippen LogP) is 1.78. The molecular formula is C14H21NO4. The Morgan fingerprint density at radius 2 is 1.68 bits per heavy atom. The zero-order valence-corrected chi connectivity index (χ0v) is 12.1. The van der Waals surface area contributed by atoms with Gasteiger partial charge in [-0.25, -0.2) is 0 Å². The number of benzene rings is 1. The molecule has 1 unspecified atom stereocenters. The van der Waals surface area contributed by atoms with E-state index >= 15 is 0 Å². The van der Waals surface area contributed by atoms with Gasteiger partial charge in [-0.3, -0.25) is 4.79 Å². The summed E-state index contributed by atoms with van der Waals surface area (Å²) in [6, 6.07) is 3.82. The van der Waals surface area contributed by atoms with Crippen molar-refractivity contribution in [3.8, 4) is 17.2 Å². The highest BCUT2D eigenvalue weighted by Crippen LogP contribution is 2.38. The third-order valence-corrected chi connectivity index (χ3v) is 2.72. The van der Waals surface area contributed by atoms with Crippen LogP contribution < -0.4 is 19.5 Å². The third kappa shape index (κ3) is 4.05. The fourth-order valence-corrected chi connectivity index (χ4v) is 2.00.